The van der Waals surface area contributed by atoms with Crippen molar-refractivity contribution in [2.24, 2.45) is 0 Å². The van der Waals surface area contributed by atoms with E-state index in [9.17, 15) is 0 Å². The average Bonchev–Trinajstić information content (AvgIpc) is 2.95. The number of hydrogen-bond acceptors (Lipinski definition) is 8. The highest BCUT2D eigenvalue weighted by atomic mass is 35.5. The molecule has 10 heteroatoms. The molecule has 0 bridgehead atoms. The van der Waals surface area contributed by atoms with E-state index in [0.29, 0.717) is 35.6 Å². The van der Waals surface area contributed by atoms with Crippen LogP contribution >= 0.6 is 24.8 Å². The molecule has 1 unspecified atom stereocenters. The minimum atomic E-state index is -0.569. The first-order valence-electron chi connectivity index (χ1n) is 12.2. The first kappa shape index (κ1) is 31.3. The zero-order chi connectivity index (χ0) is 25.5. The van der Waals surface area contributed by atoms with Gasteiger partial charge in [-0.3, -0.25) is 0 Å². The van der Waals surface area contributed by atoms with Gasteiger partial charge in [0.15, 0.2) is 23.0 Å². The van der Waals surface area contributed by atoms with Gasteiger partial charge in [0.25, 0.3) is 0 Å². The maximum absolute atomic E-state index is 5.88. The number of rotatable bonds is 10. The molecule has 1 saturated heterocycles. The first-order valence-corrected chi connectivity index (χ1v) is 12.2. The fraction of sp³-hybridized carbons (Fsp3) is 0.429. The summed E-state index contributed by atoms with van der Waals surface area (Å²) in [5.41, 5.74) is 1.43. The molecule has 2 aromatic rings. The summed E-state index contributed by atoms with van der Waals surface area (Å²) in [5, 5.41) is 7.14. The third-order valence-electron chi connectivity index (χ3n) is 6.97. The van der Waals surface area contributed by atoms with Gasteiger partial charge in [0.1, 0.15) is 0 Å². The molecule has 0 aromatic heterocycles. The quantitative estimate of drug-likeness (QED) is 0.428. The topological polar surface area (TPSA) is 73.5 Å². The highest BCUT2D eigenvalue weighted by Gasteiger charge is 2.37. The molecule has 38 heavy (non-hydrogen) atoms. The lowest BCUT2D eigenvalue weighted by Gasteiger charge is -2.44. The number of nitrogens with one attached hydrogen (secondary N) is 2. The fourth-order valence-corrected chi connectivity index (χ4v) is 5.12. The van der Waals surface area contributed by atoms with Gasteiger partial charge in [-0.2, -0.15) is 0 Å². The van der Waals surface area contributed by atoms with Crippen LogP contribution in [0.1, 0.15) is 18.4 Å². The minimum absolute atomic E-state index is 0. The lowest BCUT2D eigenvalue weighted by Crippen LogP contribution is -2.53. The molecule has 2 aliphatic rings. The van der Waals surface area contributed by atoms with Crippen LogP contribution in [0.25, 0.3) is 0 Å². The van der Waals surface area contributed by atoms with Crippen molar-refractivity contribution in [3.8, 4) is 28.7 Å². The summed E-state index contributed by atoms with van der Waals surface area (Å²) >= 11 is 0. The van der Waals surface area contributed by atoms with Crippen LogP contribution in [0, 0.1) is 0 Å². The Balaban J connectivity index is 0.00000253. The average molecular weight is 569 g/mol. The van der Waals surface area contributed by atoms with E-state index in [1.165, 1.54) is 0 Å². The predicted molar refractivity (Wildman–Crippen MR) is 156 cm³/mol. The molecule has 2 N–H and O–H groups in total. The monoisotopic (exact) mass is 567 g/mol. The summed E-state index contributed by atoms with van der Waals surface area (Å²) < 4.78 is 28.5. The van der Waals surface area contributed by atoms with Gasteiger partial charge in [0.2, 0.25) is 5.75 Å². The van der Waals surface area contributed by atoms with Crippen LogP contribution < -0.4 is 39.2 Å². The van der Waals surface area contributed by atoms with E-state index in [1.54, 1.807) is 35.5 Å². The Hall–Kier alpha value is -2.94. The Kier molecular flexibility index (Phi) is 11.8. The standard InChI is InChI=1S/C28H37N3O5.2ClH/c1-32-23-10-8-9-22(26(23)35-4)31(21-11-15-29-16-12-21)19-28(13-6-7-14-30-28)20-17-24(33-2)27(36-5)25(18-20)34-3;;/h6-10,13-14,17-18,21,29-30H,11-12,15-16,19H2,1-5H3;2*1H. The second-order valence-corrected chi connectivity index (χ2v) is 8.87. The number of para-hydroxylation sites is 1. The molecule has 2 heterocycles. The van der Waals surface area contributed by atoms with Crippen LogP contribution in [0.15, 0.2) is 54.8 Å². The number of piperidine rings is 1. The lowest BCUT2D eigenvalue weighted by molar-refractivity contribution is 0.320. The summed E-state index contributed by atoms with van der Waals surface area (Å²) in [5.74, 6) is 3.24. The zero-order valence-electron chi connectivity index (χ0n) is 22.6. The molecule has 8 nitrogen and oxygen atoms in total. The maximum atomic E-state index is 5.88. The Labute approximate surface area is 238 Å². The lowest BCUT2D eigenvalue weighted by atomic mass is 9.85. The van der Waals surface area contributed by atoms with Crippen LogP contribution in [0.2, 0.25) is 0 Å². The molecule has 1 fully saturated rings. The van der Waals surface area contributed by atoms with Crippen LogP contribution in [0.3, 0.4) is 0 Å². The summed E-state index contributed by atoms with van der Waals surface area (Å²) in [4.78, 5) is 2.45. The van der Waals surface area contributed by atoms with Gasteiger partial charge in [0, 0.05) is 12.6 Å². The number of allylic oxidation sites excluding steroid dienone is 2. The summed E-state index contributed by atoms with van der Waals surface area (Å²) in [6.45, 7) is 2.57. The van der Waals surface area contributed by atoms with Crippen molar-refractivity contribution < 1.29 is 23.7 Å². The van der Waals surface area contributed by atoms with Gasteiger partial charge < -0.3 is 39.2 Å². The van der Waals surface area contributed by atoms with E-state index in [2.05, 4.69) is 33.8 Å². The van der Waals surface area contributed by atoms with Crippen molar-refractivity contribution in [3.05, 3.63) is 60.3 Å². The van der Waals surface area contributed by atoms with Crippen molar-refractivity contribution in [1.29, 1.82) is 0 Å². The van der Waals surface area contributed by atoms with Crippen molar-refractivity contribution in [3.63, 3.8) is 0 Å². The van der Waals surface area contributed by atoms with Gasteiger partial charge in [0.05, 0.1) is 46.8 Å². The van der Waals surface area contributed by atoms with E-state index >= 15 is 0 Å². The molecular formula is C28H39Cl2N3O5. The fourth-order valence-electron chi connectivity index (χ4n) is 5.12. The van der Waals surface area contributed by atoms with E-state index in [-0.39, 0.29) is 24.8 Å². The van der Waals surface area contributed by atoms with Crippen LogP contribution in [-0.4, -0.2) is 61.2 Å². The highest BCUT2D eigenvalue weighted by molar-refractivity contribution is 5.85. The molecule has 0 aliphatic carbocycles. The van der Waals surface area contributed by atoms with Gasteiger partial charge in [-0.05, 0) is 68.0 Å². The summed E-state index contributed by atoms with van der Waals surface area (Å²) in [6.07, 6.45) is 10.3. The molecule has 210 valence electrons. The number of hydrogen-bond donors (Lipinski definition) is 2. The largest absolute Gasteiger partial charge is 0.493 e. The van der Waals surface area contributed by atoms with Gasteiger partial charge >= 0.3 is 0 Å². The minimum Gasteiger partial charge on any atom is -0.493 e. The SMILES string of the molecule is COc1cc(C2(CN(c3cccc(OC)c3OC)C3CCNCC3)C=CC=CN2)cc(OC)c1OC.Cl.Cl. The predicted octanol–water partition coefficient (Wildman–Crippen LogP) is 4.70. The molecule has 0 saturated carbocycles. The van der Waals surface area contributed by atoms with Crippen molar-refractivity contribution in [2.75, 3.05) is 60.1 Å². The summed E-state index contributed by atoms with van der Waals surface area (Å²) in [6, 6.07) is 10.4. The zero-order valence-corrected chi connectivity index (χ0v) is 24.2. The second kappa shape index (κ2) is 14.3. The molecule has 2 aliphatic heterocycles. The Morgan fingerprint density at radius 1 is 0.816 bits per heavy atom. The number of halogens is 2. The van der Waals surface area contributed by atoms with E-state index in [4.69, 9.17) is 23.7 Å². The molecule has 0 spiro atoms. The molecule has 4 rings (SSSR count). The first-order chi connectivity index (χ1) is 17.6. The van der Waals surface area contributed by atoms with E-state index < -0.39 is 5.54 Å². The van der Waals surface area contributed by atoms with Crippen LogP contribution in [-0.2, 0) is 5.54 Å². The Bertz CT molecular complexity index is 1080. The highest BCUT2D eigenvalue weighted by Crippen LogP contribution is 2.44. The second-order valence-electron chi connectivity index (χ2n) is 8.87. The van der Waals surface area contributed by atoms with Gasteiger partial charge in [-0.1, -0.05) is 18.2 Å². The normalized spacial score (nSPS) is 18.3. The van der Waals surface area contributed by atoms with Gasteiger partial charge in [-0.25, -0.2) is 0 Å². The van der Waals surface area contributed by atoms with Crippen molar-refractivity contribution >= 4 is 30.5 Å². The number of methoxy groups -OCH3 is 5. The van der Waals surface area contributed by atoms with Crippen LogP contribution in [0.5, 0.6) is 28.7 Å². The smallest absolute Gasteiger partial charge is 0.203 e. The van der Waals surface area contributed by atoms with E-state index in [0.717, 1.165) is 42.9 Å². The third-order valence-corrected chi connectivity index (χ3v) is 6.97. The molecular weight excluding hydrogens is 529 g/mol. The third kappa shape index (κ3) is 6.20. The number of benzene rings is 2. The van der Waals surface area contributed by atoms with Crippen molar-refractivity contribution in [2.45, 2.75) is 24.4 Å². The molecule has 1 atom stereocenters. The van der Waals surface area contributed by atoms with Gasteiger partial charge in [-0.15, -0.1) is 24.8 Å². The Morgan fingerprint density at radius 2 is 1.45 bits per heavy atom. The molecule has 0 amide bonds. The molecule has 2 aromatic carbocycles. The van der Waals surface area contributed by atoms with Crippen LogP contribution in [0.4, 0.5) is 5.69 Å². The van der Waals surface area contributed by atoms with Crippen molar-refractivity contribution in [1.82, 2.24) is 10.6 Å². The van der Waals surface area contributed by atoms with E-state index in [1.807, 2.05) is 36.5 Å². The summed E-state index contributed by atoms with van der Waals surface area (Å²) in [7, 11) is 8.26. The Morgan fingerprint density at radius 3 is 1.97 bits per heavy atom. The number of anilines is 1. The number of dihydropyridines is 1. The number of nitrogens with zero attached hydrogens (tertiary/aromatic N) is 1. The maximum Gasteiger partial charge on any atom is 0.203 e. The molecule has 0 radical (unpaired) electrons. The number of ether oxygens (including phenoxy) is 5.